The van der Waals surface area contributed by atoms with Gasteiger partial charge in [-0.05, 0) is 13.2 Å². The lowest BCUT2D eigenvalue weighted by atomic mass is 10.8. The fourth-order valence-electron chi connectivity index (χ4n) is 0.595. The van der Waals surface area contributed by atoms with E-state index in [0.717, 1.165) is 0 Å². The zero-order valence-corrected chi connectivity index (χ0v) is 8.32. The molecule has 0 bridgehead atoms. The van der Waals surface area contributed by atoms with Crippen LogP contribution >= 0.6 is 23.4 Å². The Kier molecular flexibility index (Phi) is 3.55. The highest BCUT2D eigenvalue weighted by atomic mass is 35.5. The summed E-state index contributed by atoms with van der Waals surface area (Å²) >= 11 is 7.12. The predicted molar refractivity (Wildman–Crippen MR) is 47.8 cm³/mol. The highest BCUT2D eigenvalue weighted by molar-refractivity contribution is 7.98. The van der Waals surface area contributed by atoms with Gasteiger partial charge in [0.25, 0.3) is 5.88 Å². The van der Waals surface area contributed by atoms with Gasteiger partial charge in [-0.15, -0.1) is 10.2 Å². The lowest BCUT2D eigenvalue weighted by Gasteiger charge is -2.01. The first kappa shape index (κ1) is 9.54. The molecule has 0 aliphatic carbocycles. The zero-order valence-electron chi connectivity index (χ0n) is 6.74. The summed E-state index contributed by atoms with van der Waals surface area (Å²) in [4.78, 5) is 3.94. The Morgan fingerprint density at radius 2 is 2.25 bits per heavy atom. The predicted octanol–water partition coefficient (Wildman–Crippen LogP) is 1.65. The topological polar surface area (TPSA) is 47.9 Å². The molecule has 6 heteroatoms. The number of hydrogen-bond acceptors (Lipinski definition) is 5. The summed E-state index contributed by atoms with van der Waals surface area (Å²) in [7, 11) is 0. The van der Waals surface area contributed by atoms with E-state index in [1.54, 1.807) is 0 Å². The molecule has 0 saturated heterocycles. The molecule has 12 heavy (non-hydrogen) atoms. The molecule has 0 radical (unpaired) electrons. The number of ether oxygens (including phenoxy) is 1. The van der Waals surface area contributed by atoms with Crippen LogP contribution in [0, 0.1) is 0 Å². The van der Waals surface area contributed by atoms with Gasteiger partial charge in [0.2, 0.25) is 5.16 Å². The summed E-state index contributed by atoms with van der Waals surface area (Å²) in [5.41, 5.74) is 0. The van der Waals surface area contributed by atoms with Gasteiger partial charge in [0.15, 0.2) is 5.15 Å². The quantitative estimate of drug-likeness (QED) is 0.703. The Morgan fingerprint density at radius 1 is 1.50 bits per heavy atom. The standard InChI is InChI=1S/C6H8ClN3OS/c1-3-11-5-4(7)8-6(12-2)10-9-5/h3H2,1-2H3. The van der Waals surface area contributed by atoms with Crippen molar-refractivity contribution in [1.82, 2.24) is 15.2 Å². The van der Waals surface area contributed by atoms with Gasteiger partial charge in [-0.1, -0.05) is 23.4 Å². The zero-order chi connectivity index (χ0) is 8.97. The van der Waals surface area contributed by atoms with E-state index in [0.29, 0.717) is 11.8 Å². The van der Waals surface area contributed by atoms with Crippen LogP contribution in [0.3, 0.4) is 0 Å². The van der Waals surface area contributed by atoms with Gasteiger partial charge >= 0.3 is 0 Å². The Balaban J connectivity index is 2.87. The van der Waals surface area contributed by atoms with Crippen molar-refractivity contribution in [3.05, 3.63) is 5.15 Å². The van der Waals surface area contributed by atoms with Crippen LogP contribution in [-0.4, -0.2) is 28.0 Å². The van der Waals surface area contributed by atoms with Crippen molar-refractivity contribution in [2.45, 2.75) is 12.1 Å². The van der Waals surface area contributed by atoms with Crippen LogP contribution in [0.25, 0.3) is 0 Å². The molecule has 0 saturated carbocycles. The maximum absolute atomic E-state index is 5.73. The molecule has 0 aromatic carbocycles. The highest BCUT2D eigenvalue weighted by Gasteiger charge is 2.06. The second-order valence-electron chi connectivity index (χ2n) is 1.83. The van der Waals surface area contributed by atoms with Crippen LogP contribution in [0.1, 0.15) is 6.92 Å². The molecule has 0 atom stereocenters. The van der Waals surface area contributed by atoms with Crippen LogP contribution in [0.15, 0.2) is 5.16 Å². The van der Waals surface area contributed by atoms with E-state index >= 15 is 0 Å². The molecule has 66 valence electrons. The molecule has 1 heterocycles. The summed E-state index contributed by atoms with van der Waals surface area (Å²) in [6, 6.07) is 0. The minimum Gasteiger partial charge on any atom is -0.475 e. The van der Waals surface area contributed by atoms with Crippen molar-refractivity contribution >= 4 is 23.4 Å². The molecule has 1 aromatic rings. The van der Waals surface area contributed by atoms with Crippen LogP contribution in [0.5, 0.6) is 5.88 Å². The number of aromatic nitrogens is 3. The second kappa shape index (κ2) is 4.47. The van der Waals surface area contributed by atoms with E-state index in [-0.39, 0.29) is 11.0 Å². The van der Waals surface area contributed by atoms with E-state index in [9.17, 15) is 0 Å². The SMILES string of the molecule is CCOc1nnc(SC)nc1Cl. The third-order valence-corrected chi connectivity index (χ3v) is 1.84. The largest absolute Gasteiger partial charge is 0.475 e. The molecule has 0 spiro atoms. The number of rotatable bonds is 3. The normalized spacial score (nSPS) is 9.92. The molecule has 0 aliphatic heterocycles. The van der Waals surface area contributed by atoms with Gasteiger partial charge in [-0.2, -0.15) is 0 Å². The number of nitrogens with zero attached hydrogens (tertiary/aromatic N) is 3. The highest BCUT2D eigenvalue weighted by Crippen LogP contribution is 2.19. The Hall–Kier alpha value is -0.550. The monoisotopic (exact) mass is 205 g/mol. The summed E-state index contributed by atoms with van der Waals surface area (Å²) < 4.78 is 5.06. The number of thioether (sulfide) groups is 1. The molecule has 1 aromatic heterocycles. The van der Waals surface area contributed by atoms with Crippen molar-refractivity contribution in [1.29, 1.82) is 0 Å². The third kappa shape index (κ3) is 2.22. The van der Waals surface area contributed by atoms with E-state index in [2.05, 4.69) is 15.2 Å². The molecule has 0 unspecified atom stereocenters. The minimum absolute atomic E-state index is 0.260. The van der Waals surface area contributed by atoms with Gasteiger partial charge in [0.1, 0.15) is 0 Å². The van der Waals surface area contributed by atoms with Gasteiger partial charge in [-0.25, -0.2) is 4.98 Å². The number of halogens is 1. The first-order valence-electron chi connectivity index (χ1n) is 3.35. The average Bonchev–Trinajstić information content (AvgIpc) is 2.09. The van der Waals surface area contributed by atoms with Crippen LogP contribution < -0.4 is 4.74 Å². The second-order valence-corrected chi connectivity index (χ2v) is 2.96. The Bertz CT molecular complexity index is 271. The van der Waals surface area contributed by atoms with Crippen molar-refractivity contribution < 1.29 is 4.74 Å². The van der Waals surface area contributed by atoms with Gasteiger partial charge < -0.3 is 4.74 Å². The molecule has 0 N–H and O–H groups in total. The van der Waals surface area contributed by atoms with Crippen LogP contribution in [0.2, 0.25) is 5.15 Å². The summed E-state index contributed by atoms with van der Waals surface area (Å²) in [6.07, 6.45) is 1.85. The molecular weight excluding hydrogens is 198 g/mol. The van der Waals surface area contributed by atoms with Crippen LogP contribution in [0.4, 0.5) is 0 Å². The van der Waals surface area contributed by atoms with Crippen LogP contribution in [-0.2, 0) is 0 Å². The van der Waals surface area contributed by atoms with E-state index in [1.165, 1.54) is 11.8 Å². The van der Waals surface area contributed by atoms with Gasteiger partial charge in [0.05, 0.1) is 6.61 Å². The smallest absolute Gasteiger partial charge is 0.271 e. The average molecular weight is 206 g/mol. The fourth-order valence-corrected chi connectivity index (χ4v) is 1.12. The molecule has 4 nitrogen and oxygen atoms in total. The lowest BCUT2D eigenvalue weighted by Crippen LogP contribution is -1.99. The maximum Gasteiger partial charge on any atom is 0.271 e. The third-order valence-electron chi connectivity index (χ3n) is 1.06. The summed E-state index contributed by atoms with van der Waals surface area (Å²) in [5.74, 6) is 0.289. The minimum atomic E-state index is 0.260. The first-order chi connectivity index (χ1) is 5.77. The van der Waals surface area contributed by atoms with E-state index in [4.69, 9.17) is 16.3 Å². The fraction of sp³-hybridized carbons (Fsp3) is 0.500. The molecule has 0 fully saturated rings. The van der Waals surface area contributed by atoms with Crippen molar-refractivity contribution in [3.63, 3.8) is 0 Å². The molecule has 1 rings (SSSR count). The molecular formula is C6H8ClN3OS. The summed E-state index contributed by atoms with van der Waals surface area (Å²) in [6.45, 7) is 2.36. The van der Waals surface area contributed by atoms with Crippen molar-refractivity contribution in [2.24, 2.45) is 0 Å². The maximum atomic E-state index is 5.73. The van der Waals surface area contributed by atoms with E-state index in [1.807, 2.05) is 13.2 Å². The molecule has 0 aliphatic rings. The number of hydrogen-bond donors (Lipinski definition) is 0. The summed E-state index contributed by atoms with van der Waals surface area (Å²) in [5, 5.41) is 8.33. The van der Waals surface area contributed by atoms with Gasteiger partial charge in [0, 0.05) is 0 Å². The molecule has 0 amide bonds. The van der Waals surface area contributed by atoms with E-state index < -0.39 is 0 Å². The van der Waals surface area contributed by atoms with Gasteiger partial charge in [-0.3, -0.25) is 0 Å². The Morgan fingerprint density at radius 3 is 2.75 bits per heavy atom. The first-order valence-corrected chi connectivity index (χ1v) is 4.95. The van der Waals surface area contributed by atoms with Crippen molar-refractivity contribution in [2.75, 3.05) is 12.9 Å². The lowest BCUT2D eigenvalue weighted by molar-refractivity contribution is 0.319. The van der Waals surface area contributed by atoms with Crippen molar-refractivity contribution in [3.8, 4) is 5.88 Å². The Labute approximate surface area is 79.7 Å².